The summed E-state index contributed by atoms with van der Waals surface area (Å²) in [6.07, 6.45) is 3.58. The number of nitrogens with zero attached hydrogens (tertiary/aromatic N) is 4. The molecule has 0 unspecified atom stereocenters. The lowest BCUT2D eigenvalue weighted by Gasteiger charge is -2.36. The van der Waals surface area contributed by atoms with Gasteiger partial charge in [-0.05, 0) is 17.7 Å². The van der Waals surface area contributed by atoms with E-state index in [2.05, 4.69) is 38.0 Å². The minimum absolute atomic E-state index is 0.582. The second kappa shape index (κ2) is 5.88. The molecule has 5 heteroatoms. The van der Waals surface area contributed by atoms with Crippen molar-refractivity contribution in [2.75, 3.05) is 36.0 Å². The first kappa shape index (κ1) is 12.9. The zero-order valence-electron chi connectivity index (χ0n) is 11.4. The van der Waals surface area contributed by atoms with Crippen LogP contribution >= 0.6 is 0 Å². The van der Waals surface area contributed by atoms with Gasteiger partial charge in [0.25, 0.3) is 0 Å². The predicted octanol–water partition coefficient (Wildman–Crippen LogP) is 1.26. The quantitative estimate of drug-likeness (QED) is 0.909. The average Bonchev–Trinajstić information content (AvgIpc) is 2.56. The van der Waals surface area contributed by atoms with E-state index in [1.54, 1.807) is 12.4 Å². The molecule has 0 atom stereocenters. The highest BCUT2D eigenvalue weighted by Gasteiger charge is 2.20. The number of aromatic nitrogens is 2. The molecule has 104 valence electrons. The van der Waals surface area contributed by atoms with Crippen molar-refractivity contribution in [2.24, 2.45) is 5.73 Å². The third kappa shape index (κ3) is 2.58. The summed E-state index contributed by atoms with van der Waals surface area (Å²) in [6.45, 7) is 4.38. The Morgan fingerprint density at radius 2 is 1.55 bits per heavy atom. The van der Waals surface area contributed by atoms with Crippen LogP contribution in [0.25, 0.3) is 0 Å². The molecule has 0 amide bonds. The van der Waals surface area contributed by atoms with Crippen molar-refractivity contribution in [3.05, 3.63) is 48.3 Å². The Labute approximate surface area is 119 Å². The van der Waals surface area contributed by atoms with E-state index in [4.69, 9.17) is 5.73 Å². The van der Waals surface area contributed by atoms with Crippen molar-refractivity contribution < 1.29 is 0 Å². The molecule has 1 aromatic carbocycles. The minimum atomic E-state index is 0.582. The number of para-hydroxylation sites is 1. The van der Waals surface area contributed by atoms with Crippen molar-refractivity contribution >= 4 is 11.6 Å². The Kier molecular flexibility index (Phi) is 3.78. The smallest absolute Gasteiger partial charge is 0.225 e. The van der Waals surface area contributed by atoms with E-state index in [9.17, 15) is 0 Å². The summed E-state index contributed by atoms with van der Waals surface area (Å²) in [5.74, 6) is 0.819. The molecular weight excluding hydrogens is 250 g/mol. The zero-order valence-corrected chi connectivity index (χ0v) is 11.4. The van der Waals surface area contributed by atoms with Gasteiger partial charge in [-0.2, -0.15) is 0 Å². The van der Waals surface area contributed by atoms with Crippen molar-refractivity contribution in [2.45, 2.75) is 6.54 Å². The fraction of sp³-hybridized carbons (Fsp3) is 0.333. The summed E-state index contributed by atoms with van der Waals surface area (Å²) in [5, 5.41) is 0. The Morgan fingerprint density at radius 1 is 0.900 bits per heavy atom. The van der Waals surface area contributed by atoms with Crippen LogP contribution in [0.4, 0.5) is 11.6 Å². The number of benzene rings is 1. The summed E-state index contributed by atoms with van der Waals surface area (Å²) >= 11 is 0. The van der Waals surface area contributed by atoms with E-state index in [0.29, 0.717) is 6.54 Å². The maximum Gasteiger partial charge on any atom is 0.225 e. The van der Waals surface area contributed by atoms with Crippen molar-refractivity contribution in [1.82, 2.24) is 9.97 Å². The van der Waals surface area contributed by atoms with Gasteiger partial charge in [-0.15, -0.1) is 0 Å². The van der Waals surface area contributed by atoms with Crippen molar-refractivity contribution in [1.29, 1.82) is 0 Å². The number of anilines is 2. The standard InChI is InChI=1S/C15H19N5/c16-12-13-4-1-2-5-14(13)19-8-10-20(11-9-19)15-17-6-3-7-18-15/h1-7H,8-12,16H2. The van der Waals surface area contributed by atoms with Gasteiger partial charge in [0.05, 0.1) is 0 Å². The second-order valence-electron chi connectivity index (χ2n) is 4.86. The maximum absolute atomic E-state index is 5.82. The Hall–Kier alpha value is -2.14. The molecule has 1 fully saturated rings. The first-order chi connectivity index (χ1) is 9.88. The molecule has 5 nitrogen and oxygen atoms in total. The van der Waals surface area contributed by atoms with Crippen LogP contribution in [-0.4, -0.2) is 36.1 Å². The molecular formula is C15H19N5. The van der Waals surface area contributed by atoms with Crippen LogP contribution in [0.2, 0.25) is 0 Å². The van der Waals surface area contributed by atoms with Crippen LogP contribution in [-0.2, 0) is 6.54 Å². The summed E-state index contributed by atoms with van der Waals surface area (Å²) in [4.78, 5) is 13.2. The first-order valence-corrected chi connectivity index (χ1v) is 6.93. The molecule has 2 heterocycles. The topological polar surface area (TPSA) is 58.3 Å². The molecule has 0 aliphatic carbocycles. The number of rotatable bonds is 3. The monoisotopic (exact) mass is 269 g/mol. The first-order valence-electron chi connectivity index (χ1n) is 6.93. The predicted molar refractivity (Wildman–Crippen MR) is 80.8 cm³/mol. The Morgan fingerprint density at radius 3 is 2.25 bits per heavy atom. The Balaban J connectivity index is 1.70. The highest BCUT2D eigenvalue weighted by molar-refractivity contribution is 5.54. The average molecular weight is 269 g/mol. The third-order valence-electron chi connectivity index (χ3n) is 3.67. The van der Waals surface area contributed by atoms with Crippen LogP contribution in [0.15, 0.2) is 42.7 Å². The van der Waals surface area contributed by atoms with Gasteiger partial charge in [0.1, 0.15) is 0 Å². The molecule has 2 N–H and O–H groups in total. The lowest BCUT2D eigenvalue weighted by atomic mass is 10.1. The molecule has 1 aromatic heterocycles. The molecule has 0 bridgehead atoms. The number of hydrogen-bond acceptors (Lipinski definition) is 5. The largest absolute Gasteiger partial charge is 0.368 e. The lowest BCUT2D eigenvalue weighted by Crippen LogP contribution is -2.47. The van der Waals surface area contributed by atoms with Gasteiger partial charge >= 0.3 is 0 Å². The fourth-order valence-corrected chi connectivity index (χ4v) is 2.59. The second-order valence-corrected chi connectivity index (χ2v) is 4.86. The number of nitrogens with two attached hydrogens (primary N) is 1. The molecule has 20 heavy (non-hydrogen) atoms. The van der Waals surface area contributed by atoms with E-state index in [-0.39, 0.29) is 0 Å². The van der Waals surface area contributed by atoms with Gasteiger partial charge in [0, 0.05) is 50.8 Å². The minimum Gasteiger partial charge on any atom is -0.368 e. The van der Waals surface area contributed by atoms with Crippen LogP contribution in [0, 0.1) is 0 Å². The lowest BCUT2D eigenvalue weighted by molar-refractivity contribution is 0.638. The summed E-state index contributed by atoms with van der Waals surface area (Å²) in [7, 11) is 0. The summed E-state index contributed by atoms with van der Waals surface area (Å²) in [6, 6.07) is 10.2. The molecule has 1 saturated heterocycles. The highest BCUT2D eigenvalue weighted by Crippen LogP contribution is 2.22. The zero-order chi connectivity index (χ0) is 13.8. The maximum atomic E-state index is 5.82. The molecule has 1 aliphatic heterocycles. The van der Waals surface area contributed by atoms with E-state index in [1.807, 2.05) is 12.1 Å². The van der Waals surface area contributed by atoms with Crippen LogP contribution in [0.3, 0.4) is 0 Å². The number of piperazine rings is 1. The van der Waals surface area contributed by atoms with E-state index >= 15 is 0 Å². The number of hydrogen-bond donors (Lipinski definition) is 1. The normalized spacial score (nSPS) is 15.4. The van der Waals surface area contributed by atoms with Crippen LogP contribution < -0.4 is 15.5 Å². The molecule has 0 spiro atoms. The molecule has 1 aliphatic rings. The van der Waals surface area contributed by atoms with Gasteiger partial charge in [-0.1, -0.05) is 18.2 Å². The van der Waals surface area contributed by atoms with Gasteiger partial charge in [0.2, 0.25) is 5.95 Å². The highest BCUT2D eigenvalue weighted by atomic mass is 15.3. The van der Waals surface area contributed by atoms with E-state index < -0.39 is 0 Å². The third-order valence-corrected chi connectivity index (χ3v) is 3.67. The van der Waals surface area contributed by atoms with E-state index in [1.165, 1.54) is 11.3 Å². The fourth-order valence-electron chi connectivity index (χ4n) is 2.59. The van der Waals surface area contributed by atoms with Gasteiger partial charge in [0.15, 0.2) is 0 Å². The molecule has 2 aromatic rings. The Bertz CT molecular complexity index is 549. The SMILES string of the molecule is NCc1ccccc1N1CCN(c2ncccn2)CC1. The van der Waals surface area contributed by atoms with Crippen molar-refractivity contribution in [3.63, 3.8) is 0 Å². The van der Waals surface area contributed by atoms with Crippen molar-refractivity contribution in [3.8, 4) is 0 Å². The summed E-state index contributed by atoms with van der Waals surface area (Å²) < 4.78 is 0. The van der Waals surface area contributed by atoms with Crippen LogP contribution in [0.5, 0.6) is 0 Å². The summed E-state index contributed by atoms with van der Waals surface area (Å²) in [5.41, 5.74) is 8.28. The van der Waals surface area contributed by atoms with Gasteiger partial charge < -0.3 is 15.5 Å². The molecule has 3 rings (SSSR count). The van der Waals surface area contributed by atoms with Gasteiger partial charge in [-0.25, -0.2) is 9.97 Å². The molecule has 0 radical (unpaired) electrons. The van der Waals surface area contributed by atoms with Crippen LogP contribution in [0.1, 0.15) is 5.56 Å². The molecule has 0 saturated carbocycles. The van der Waals surface area contributed by atoms with Gasteiger partial charge in [-0.3, -0.25) is 0 Å². The van der Waals surface area contributed by atoms with E-state index in [0.717, 1.165) is 32.1 Å².